The lowest BCUT2D eigenvalue weighted by atomic mass is 9.81. The van der Waals surface area contributed by atoms with Crippen LogP contribution in [0.3, 0.4) is 0 Å². The highest BCUT2D eigenvalue weighted by atomic mass is 16.7. The van der Waals surface area contributed by atoms with Gasteiger partial charge in [-0.25, -0.2) is 4.79 Å². The predicted octanol–water partition coefficient (Wildman–Crippen LogP) is 0.157. The number of methoxy groups -OCH3 is 1. The van der Waals surface area contributed by atoms with E-state index in [1.54, 1.807) is 73.8 Å². The third-order valence-electron chi connectivity index (χ3n) is 13.1. The molecule has 0 aromatic carbocycles. The Morgan fingerprint density at radius 2 is 1.32 bits per heavy atom. The van der Waals surface area contributed by atoms with Crippen LogP contribution in [0, 0.1) is 11.8 Å². The molecule has 20 nitrogen and oxygen atoms in total. The molecule has 4 rings (SSSR count). The number of hydrogen-bond donors (Lipinski definition) is 11. The minimum Gasteiger partial charge on any atom is -0.467 e. The SMILES string of the molecule is COC(=O)[C@@H]1CCCN1C(=O)C1[C@@H]2CC(O[C@@H]3OCC(O)[C@H](N)[C@@H]3O)/C=C/C=C/C=C/C=C/C=C/C=C/C=C/[C@H](C)C(O)C[C@H](C)OC(=O)CC(O)CC(O)CCC(O)C(O)CC(O)CC(O)(C[C@@H]1O)O2. The lowest BCUT2D eigenvalue weighted by Gasteiger charge is -2.46. The maximum absolute atomic E-state index is 14.4. The normalized spacial score (nSPS) is 42.6. The van der Waals surface area contributed by atoms with Gasteiger partial charge in [0.25, 0.3) is 0 Å². The maximum atomic E-state index is 14.4. The van der Waals surface area contributed by atoms with E-state index in [1.165, 1.54) is 12.0 Å². The zero-order valence-electron chi connectivity index (χ0n) is 40.9. The third-order valence-corrected chi connectivity index (χ3v) is 13.1. The van der Waals surface area contributed by atoms with Gasteiger partial charge in [0.05, 0.1) is 93.1 Å². The van der Waals surface area contributed by atoms with Crippen LogP contribution >= 0.6 is 0 Å². The number of nitrogens with two attached hydrogens (primary N) is 1. The molecule has 0 radical (unpaired) electrons. The molecule has 71 heavy (non-hydrogen) atoms. The lowest BCUT2D eigenvalue weighted by Crippen LogP contribution is -2.60. The van der Waals surface area contributed by atoms with Crippen LogP contribution in [0.2, 0.25) is 0 Å². The van der Waals surface area contributed by atoms with E-state index >= 15 is 0 Å². The molecular weight excluding hydrogens is 929 g/mol. The number of amides is 1. The minimum absolute atomic E-state index is 0.110. The predicted molar refractivity (Wildman–Crippen MR) is 257 cm³/mol. The fraction of sp³-hybridized carbons (Fsp3) is 0.667. The zero-order chi connectivity index (χ0) is 52.3. The van der Waals surface area contributed by atoms with Crippen LogP contribution in [0.4, 0.5) is 0 Å². The van der Waals surface area contributed by atoms with E-state index in [2.05, 4.69) is 0 Å². The molecule has 0 aromatic rings. The van der Waals surface area contributed by atoms with Gasteiger partial charge in [0.15, 0.2) is 12.1 Å². The molecule has 0 aliphatic carbocycles. The fourth-order valence-corrected chi connectivity index (χ4v) is 9.09. The van der Waals surface area contributed by atoms with Crippen LogP contribution in [-0.2, 0) is 38.1 Å². The number of allylic oxidation sites excluding steroid dienone is 12. The summed E-state index contributed by atoms with van der Waals surface area (Å²) < 4.78 is 28.4. The number of ether oxygens (including phenoxy) is 5. The number of fused-ring (bicyclic) bond motifs is 2. The van der Waals surface area contributed by atoms with E-state index in [-0.39, 0.29) is 51.2 Å². The Morgan fingerprint density at radius 1 is 0.704 bits per heavy atom. The van der Waals surface area contributed by atoms with Gasteiger partial charge in [-0.05, 0) is 39.0 Å². The van der Waals surface area contributed by atoms with Gasteiger partial charge in [-0.15, -0.1) is 0 Å². The summed E-state index contributed by atoms with van der Waals surface area (Å²) in [4.78, 5) is 41.0. The first-order valence-electron chi connectivity index (χ1n) is 24.5. The monoisotopic (exact) mass is 1010 g/mol. The van der Waals surface area contributed by atoms with Crippen LogP contribution in [-0.4, -0.2) is 191 Å². The Balaban J connectivity index is 1.62. The fourth-order valence-electron chi connectivity index (χ4n) is 9.09. The van der Waals surface area contributed by atoms with Crippen LogP contribution in [0.25, 0.3) is 0 Å². The molecule has 3 saturated heterocycles. The van der Waals surface area contributed by atoms with E-state index in [4.69, 9.17) is 29.4 Å². The van der Waals surface area contributed by atoms with Crippen molar-refractivity contribution < 1.29 is 89.1 Å². The number of hydrogen-bond acceptors (Lipinski definition) is 19. The molecule has 4 aliphatic heterocycles. The van der Waals surface area contributed by atoms with E-state index in [9.17, 15) is 65.4 Å². The summed E-state index contributed by atoms with van der Waals surface area (Å²) in [5, 5.41) is 109. The average Bonchev–Trinajstić information content (AvgIpc) is 3.80. The third kappa shape index (κ3) is 19.4. The van der Waals surface area contributed by atoms with Crippen LogP contribution in [0.15, 0.2) is 85.1 Å². The summed E-state index contributed by atoms with van der Waals surface area (Å²) in [6, 6.07) is -2.09. The van der Waals surface area contributed by atoms with E-state index in [0.29, 0.717) is 12.8 Å². The Morgan fingerprint density at radius 3 is 1.96 bits per heavy atom. The lowest BCUT2D eigenvalue weighted by molar-refractivity contribution is -0.305. The molecule has 0 saturated carbocycles. The average molecular weight is 1010 g/mol. The first-order chi connectivity index (χ1) is 33.7. The Bertz CT molecular complexity index is 1870. The van der Waals surface area contributed by atoms with Crippen molar-refractivity contribution in [3.63, 3.8) is 0 Å². The van der Waals surface area contributed by atoms with Crippen molar-refractivity contribution in [2.24, 2.45) is 17.6 Å². The second kappa shape index (κ2) is 29.7. The van der Waals surface area contributed by atoms with Gasteiger partial charge >= 0.3 is 11.9 Å². The molecule has 1 amide bonds. The number of carbonyl (C=O) groups excluding carboxylic acids is 3. The number of rotatable bonds is 4. The molecule has 3 fully saturated rings. The molecule has 4 heterocycles. The first kappa shape index (κ1) is 59.6. The minimum atomic E-state index is -2.33. The molecule has 2 bridgehead atoms. The van der Waals surface area contributed by atoms with Gasteiger partial charge in [0.2, 0.25) is 5.91 Å². The molecule has 4 aliphatic rings. The molecule has 400 valence electrons. The summed E-state index contributed by atoms with van der Waals surface area (Å²) in [5.41, 5.74) is 6.03. The second-order valence-corrected chi connectivity index (χ2v) is 19.1. The Hall–Kier alpha value is -3.97. The summed E-state index contributed by atoms with van der Waals surface area (Å²) in [6.07, 6.45) is 5.63. The smallest absolute Gasteiger partial charge is 0.328 e. The Kier molecular flexibility index (Phi) is 24.9. The van der Waals surface area contributed by atoms with Gasteiger partial charge in [-0.1, -0.05) is 92.0 Å². The number of aliphatic hydroxyl groups is 10. The molecule has 12 N–H and O–H groups in total. The number of likely N-dealkylation sites (tertiary alicyclic amines) is 1. The standard InChI is InChI=1S/C51H78N2O18/c1-31-17-14-12-10-8-6-4-5-7-9-11-13-15-18-36(70-50-47(63)46(52)42(61)30-68-50)27-43-45(48(64)53-22-16-19-37(53)49(65)67-3)41(60)29-51(66,71-43)28-35(56)25-40(59)38(57)21-20-33(54)24-34(55)26-44(62)69-32(2)23-39(31)58/h4-15,17-18,31-43,45-47,50,54-61,63,66H,16,19-30,52H2,1-3H3/b5-4+,8-6+,9-7+,12-10+,13-11+,17-14+,18-15+/t31-,32-,33?,34?,35?,36?,37-,38?,39?,40?,41-,42?,43-,45?,46-,47-,50-,51?/m0/s1. The van der Waals surface area contributed by atoms with Crippen LogP contribution < -0.4 is 5.73 Å². The number of cyclic esters (lactones) is 1. The van der Waals surface area contributed by atoms with Crippen molar-refractivity contribution in [2.75, 3.05) is 20.3 Å². The van der Waals surface area contributed by atoms with Crippen molar-refractivity contribution >= 4 is 17.8 Å². The Labute approximate surface area is 415 Å². The van der Waals surface area contributed by atoms with E-state index in [1.807, 2.05) is 25.2 Å². The van der Waals surface area contributed by atoms with Crippen molar-refractivity contribution in [3.8, 4) is 0 Å². The van der Waals surface area contributed by atoms with E-state index < -0.39 is 147 Å². The summed E-state index contributed by atoms with van der Waals surface area (Å²) in [6.45, 7) is 3.34. The highest BCUT2D eigenvalue weighted by Crippen LogP contribution is 2.40. The van der Waals surface area contributed by atoms with Crippen molar-refractivity contribution in [1.82, 2.24) is 4.90 Å². The molecule has 0 spiro atoms. The van der Waals surface area contributed by atoms with Gasteiger partial charge in [0.1, 0.15) is 18.2 Å². The van der Waals surface area contributed by atoms with Crippen molar-refractivity contribution in [2.45, 2.75) is 182 Å². The summed E-state index contributed by atoms with van der Waals surface area (Å²) in [5.74, 6) is -6.05. The number of carbonyl (C=O) groups is 3. The topological polar surface area (TPSA) is 329 Å². The van der Waals surface area contributed by atoms with Crippen molar-refractivity contribution in [3.05, 3.63) is 85.1 Å². The highest BCUT2D eigenvalue weighted by molar-refractivity contribution is 5.87. The molecule has 0 aromatic heterocycles. The molecule has 20 heteroatoms. The quantitative estimate of drug-likeness (QED) is 0.167. The summed E-state index contributed by atoms with van der Waals surface area (Å²) >= 11 is 0. The van der Waals surface area contributed by atoms with Gasteiger partial charge in [-0.3, -0.25) is 9.59 Å². The van der Waals surface area contributed by atoms with Gasteiger partial charge in [-0.2, -0.15) is 0 Å². The highest BCUT2D eigenvalue weighted by Gasteiger charge is 2.53. The largest absolute Gasteiger partial charge is 0.467 e. The molecule has 18 atom stereocenters. The van der Waals surface area contributed by atoms with Gasteiger partial charge < -0.3 is 85.4 Å². The number of aliphatic hydroxyl groups excluding tert-OH is 9. The van der Waals surface area contributed by atoms with E-state index in [0.717, 1.165) is 0 Å². The molecule has 10 unspecified atom stereocenters. The van der Waals surface area contributed by atoms with Crippen molar-refractivity contribution in [1.29, 1.82) is 0 Å². The summed E-state index contributed by atoms with van der Waals surface area (Å²) in [7, 11) is 1.20. The second-order valence-electron chi connectivity index (χ2n) is 19.1. The number of esters is 2. The zero-order valence-corrected chi connectivity index (χ0v) is 40.9. The van der Waals surface area contributed by atoms with Crippen LogP contribution in [0.1, 0.15) is 84.5 Å². The number of nitrogens with zero attached hydrogens (tertiary/aromatic N) is 1. The molecular formula is C51H78N2O18. The maximum Gasteiger partial charge on any atom is 0.328 e. The van der Waals surface area contributed by atoms with Gasteiger partial charge in [0, 0.05) is 44.6 Å². The first-order valence-corrected chi connectivity index (χ1v) is 24.5. The van der Waals surface area contributed by atoms with Crippen LogP contribution in [0.5, 0.6) is 0 Å².